The molecule has 1 rings (SSSR count). The molecule has 0 spiro atoms. The SMILES string of the molecule is CCCC(N)CC(=O)Nc1cccc(OC(F)F)c1. The predicted molar refractivity (Wildman–Crippen MR) is 69.2 cm³/mol. The molecular weight excluding hydrogens is 254 g/mol. The Morgan fingerprint density at radius 3 is 2.84 bits per heavy atom. The van der Waals surface area contributed by atoms with Crippen LogP contribution in [0, 0.1) is 0 Å². The molecule has 0 aromatic heterocycles. The molecule has 19 heavy (non-hydrogen) atoms. The molecule has 1 aromatic rings. The summed E-state index contributed by atoms with van der Waals surface area (Å²) in [6, 6.07) is 5.67. The van der Waals surface area contributed by atoms with E-state index in [1.807, 2.05) is 6.92 Å². The van der Waals surface area contributed by atoms with Gasteiger partial charge in [0.25, 0.3) is 0 Å². The molecule has 1 amide bonds. The van der Waals surface area contributed by atoms with Gasteiger partial charge in [0.2, 0.25) is 5.91 Å². The summed E-state index contributed by atoms with van der Waals surface area (Å²) in [5.41, 5.74) is 6.16. The molecular formula is C13H18F2N2O2. The van der Waals surface area contributed by atoms with Crippen LogP contribution in [-0.2, 0) is 4.79 Å². The first-order valence-electron chi connectivity index (χ1n) is 6.11. The molecule has 0 heterocycles. The maximum atomic E-state index is 12.0. The van der Waals surface area contributed by atoms with Crippen LogP contribution >= 0.6 is 0 Å². The van der Waals surface area contributed by atoms with E-state index in [1.165, 1.54) is 18.2 Å². The van der Waals surface area contributed by atoms with Gasteiger partial charge in [0.1, 0.15) is 5.75 Å². The summed E-state index contributed by atoms with van der Waals surface area (Å²) in [6.07, 6.45) is 1.88. The lowest BCUT2D eigenvalue weighted by Crippen LogP contribution is -2.26. The van der Waals surface area contributed by atoms with Crippen molar-refractivity contribution in [3.8, 4) is 5.75 Å². The normalized spacial score (nSPS) is 12.3. The number of hydrogen-bond donors (Lipinski definition) is 2. The van der Waals surface area contributed by atoms with Gasteiger partial charge in [-0.15, -0.1) is 0 Å². The second-order valence-electron chi connectivity index (χ2n) is 4.21. The van der Waals surface area contributed by atoms with E-state index in [0.29, 0.717) is 5.69 Å². The van der Waals surface area contributed by atoms with Gasteiger partial charge in [-0.05, 0) is 18.6 Å². The first-order valence-corrected chi connectivity index (χ1v) is 6.11. The fraction of sp³-hybridized carbons (Fsp3) is 0.462. The average molecular weight is 272 g/mol. The fourth-order valence-electron chi connectivity index (χ4n) is 1.67. The number of halogens is 2. The summed E-state index contributed by atoms with van der Waals surface area (Å²) in [7, 11) is 0. The number of benzene rings is 1. The van der Waals surface area contributed by atoms with Crippen molar-refractivity contribution >= 4 is 11.6 Å². The van der Waals surface area contributed by atoms with Gasteiger partial charge in [0.05, 0.1) is 0 Å². The van der Waals surface area contributed by atoms with Gasteiger partial charge in [-0.3, -0.25) is 4.79 Å². The quantitative estimate of drug-likeness (QED) is 0.802. The maximum absolute atomic E-state index is 12.0. The molecule has 0 saturated heterocycles. The molecule has 1 atom stereocenters. The Balaban J connectivity index is 2.54. The molecule has 4 nitrogen and oxygen atoms in total. The number of ether oxygens (including phenoxy) is 1. The Hall–Kier alpha value is -1.69. The minimum Gasteiger partial charge on any atom is -0.435 e. The van der Waals surface area contributed by atoms with Crippen molar-refractivity contribution in [2.24, 2.45) is 5.73 Å². The third kappa shape index (κ3) is 6.15. The molecule has 6 heteroatoms. The molecule has 0 aliphatic carbocycles. The minimum atomic E-state index is -2.89. The second-order valence-corrected chi connectivity index (χ2v) is 4.21. The van der Waals surface area contributed by atoms with Gasteiger partial charge in [0.15, 0.2) is 0 Å². The lowest BCUT2D eigenvalue weighted by atomic mass is 10.1. The first kappa shape index (κ1) is 15.4. The summed E-state index contributed by atoms with van der Waals surface area (Å²) in [4.78, 5) is 11.7. The van der Waals surface area contributed by atoms with Gasteiger partial charge < -0.3 is 15.8 Å². The van der Waals surface area contributed by atoms with E-state index in [9.17, 15) is 13.6 Å². The van der Waals surface area contributed by atoms with Gasteiger partial charge in [-0.25, -0.2) is 0 Å². The maximum Gasteiger partial charge on any atom is 0.387 e. The van der Waals surface area contributed by atoms with Gasteiger partial charge in [-0.2, -0.15) is 8.78 Å². The molecule has 106 valence electrons. The van der Waals surface area contributed by atoms with E-state index in [0.717, 1.165) is 12.8 Å². The Morgan fingerprint density at radius 2 is 2.21 bits per heavy atom. The standard InChI is InChI=1S/C13H18F2N2O2/c1-2-4-9(16)7-12(18)17-10-5-3-6-11(8-10)19-13(14)15/h3,5-6,8-9,13H,2,4,7,16H2,1H3,(H,17,18). The number of nitrogens with two attached hydrogens (primary N) is 1. The van der Waals surface area contributed by atoms with Crippen LogP contribution in [-0.4, -0.2) is 18.6 Å². The lowest BCUT2D eigenvalue weighted by molar-refractivity contribution is -0.116. The predicted octanol–water partition coefficient (Wildman–Crippen LogP) is 2.74. The van der Waals surface area contributed by atoms with E-state index >= 15 is 0 Å². The third-order valence-corrected chi connectivity index (χ3v) is 2.45. The smallest absolute Gasteiger partial charge is 0.387 e. The molecule has 0 saturated carbocycles. The monoisotopic (exact) mass is 272 g/mol. The zero-order chi connectivity index (χ0) is 14.3. The van der Waals surface area contributed by atoms with Crippen LogP contribution in [0.3, 0.4) is 0 Å². The summed E-state index contributed by atoms with van der Waals surface area (Å²) >= 11 is 0. The number of nitrogens with one attached hydrogen (secondary N) is 1. The Morgan fingerprint density at radius 1 is 1.47 bits per heavy atom. The van der Waals surface area contributed by atoms with Crippen molar-refractivity contribution in [2.45, 2.75) is 38.8 Å². The van der Waals surface area contributed by atoms with Crippen LogP contribution < -0.4 is 15.8 Å². The van der Waals surface area contributed by atoms with Crippen molar-refractivity contribution in [1.29, 1.82) is 0 Å². The van der Waals surface area contributed by atoms with Crippen molar-refractivity contribution in [1.82, 2.24) is 0 Å². The zero-order valence-corrected chi connectivity index (χ0v) is 10.7. The second kappa shape index (κ2) is 7.68. The molecule has 3 N–H and O–H groups in total. The highest BCUT2D eigenvalue weighted by Crippen LogP contribution is 2.19. The topological polar surface area (TPSA) is 64.4 Å². The Labute approximate surface area is 110 Å². The molecule has 0 aliphatic heterocycles. The number of carbonyl (C=O) groups excluding carboxylic acids is 1. The number of rotatable bonds is 7. The van der Waals surface area contributed by atoms with E-state index < -0.39 is 6.61 Å². The lowest BCUT2D eigenvalue weighted by Gasteiger charge is -2.11. The molecule has 0 fully saturated rings. The first-order chi connectivity index (χ1) is 9.01. The number of anilines is 1. The van der Waals surface area contributed by atoms with E-state index in [1.54, 1.807) is 6.07 Å². The largest absolute Gasteiger partial charge is 0.435 e. The van der Waals surface area contributed by atoms with Crippen LogP contribution in [0.1, 0.15) is 26.2 Å². The van der Waals surface area contributed by atoms with Crippen molar-refractivity contribution < 1.29 is 18.3 Å². The van der Waals surface area contributed by atoms with Crippen LogP contribution in [0.2, 0.25) is 0 Å². The highest BCUT2D eigenvalue weighted by molar-refractivity contribution is 5.91. The number of alkyl halides is 2. The van der Waals surface area contributed by atoms with Gasteiger partial charge in [0, 0.05) is 24.2 Å². The van der Waals surface area contributed by atoms with Crippen molar-refractivity contribution in [3.63, 3.8) is 0 Å². The number of hydrogen-bond acceptors (Lipinski definition) is 3. The summed E-state index contributed by atoms with van der Waals surface area (Å²) < 4.78 is 28.3. The van der Waals surface area contributed by atoms with E-state index in [4.69, 9.17) is 5.73 Å². The third-order valence-electron chi connectivity index (χ3n) is 2.45. The molecule has 0 radical (unpaired) electrons. The Bertz CT molecular complexity index is 413. The van der Waals surface area contributed by atoms with E-state index in [2.05, 4.69) is 10.1 Å². The van der Waals surface area contributed by atoms with E-state index in [-0.39, 0.29) is 24.1 Å². The molecule has 1 aromatic carbocycles. The molecule has 0 aliphatic rings. The summed E-state index contributed by atoms with van der Waals surface area (Å²) in [5, 5.41) is 2.60. The van der Waals surface area contributed by atoms with Crippen molar-refractivity contribution in [3.05, 3.63) is 24.3 Å². The number of carbonyl (C=O) groups is 1. The molecule has 1 unspecified atom stereocenters. The zero-order valence-electron chi connectivity index (χ0n) is 10.7. The van der Waals surface area contributed by atoms with Crippen LogP contribution in [0.25, 0.3) is 0 Å². The van der Waals surface area contributed by atoms with Gasteiger partial charge >= 0.3 is 6.61 Å². The Kier molecular flexibility index (Phi) is 6.21. The van der Waals surface area contributed by atoms with Gasteiger partial charge in [-0.1, -0.05) is 19.4 Å². The number of amides is 1. The molecule has 0 bridgehead atoms. The highest BCUT2D eigenvalue weighted by atomic mass is 19.3. The minimum absolute atomic E-state index is 0.00524. The summed E-state index contributed by atoms with van der Waals surface area (Å²) in [6.45, 7) is -0.896. The van der Waals surface area contributed by atoms with Crippen LogP contribution in [0.5, 0.6) is 5.75 Å². The highest BCUT2D eigenvalue weighted by Gasteiger charge is 2.10. The van der Waals surface area contributed by atoms with Crippen molar-refractivity contribution in [2.75, 3.05) is 5.32 Å². The fourth-order valence-corrected chi connectivity index (χ4v) is 1.67. The average Bonchev–Trinajstić information content (AvgIpc) is 2.28. The van der Waals surface area contributed by atoms with Crippen LogP contribution in [0.15, 0.2) is 24.3 Å². The summed E-state index contributed by atoms with van der Waals surface area (Å²) in [5.74, 6) is -0.235. The van der Waals surface area contributed by atoms with Crippen LogP contribution in [0.4, 0.5) is 14.5 Å².